The second-order valence-electron chi connectivity index (χ2n) is 4.51. The number of carbonyl (C=O) groups is 1. The number of rotatable bonds is 4. The van der Waals surface area contributed by atoms with E-state index in [9.17, 15) is 4.79 Å². The summed E-state index contributed by atoms with van der Waals surface area (Å²) in [5.74, 6) is -0.238. The van der Waals surface area contributed by atoms with E-state index in [1.54, 1.807) is 0 Å². The van der Waals surface area contributed by atoms with Crippen molar-refractivity contribution in [1.29, 1.82) is 0 Å². The standard InChI is InChI=1S/C16H17NO2/c1-12-7-8-15(17)9-14(12)10-16(18)19-11-13-5-3-2-4-6-13/h2-9H,10-11,17H2,1H3. The average molecular weight is 255 g/mol. The molecule has 0 unspecified atom stereocenters. The van der Waals surface area contributed by atoms with Crippen molar-refractivity contribution in [2.75, 3.05) is 5.73 Å². The van der Waals surface area contributed by atoms with Crippen molar-refractivity contribution in [3.8, 4) is 0 Å². The molecule has 0 spiro atoms. The average Bonchev–Trinajstić information content (AvgIpc) is 2.42. The number of nitrogens with two attached hydrogens (primary N) is 1. The first-order chi connectivity index (χ1) is 9.15. The summed E-state index contributed by atoms with van der Waals surface area (Å²) in [6, 6.07) is 15.2. The zero-order chi connectivity index (χ0) is 13.7. The Morgan fingerprint density at radius 1 is 1.16 bits per heavy atom. The SMILES string of the molecule is Cc1ccc(N)cc1CC(=O)OCc1ccccc1. The van der Waals surface area contributed by atoms with E-state index in [0.29, 0.717) is 12.3 Å². The molecular weight excluding hydrogens is 238 g/mol. The van der Waals surface area contributed by atoms with Crippen LogP contribution in [0.3, 0.4) is 0 Å². The Kier molecular flexibility index (Phi) is 4.18. The number of carbonyl (C=O) groups excluding carboxylic acids is 1. The summed E-state index contributed by atoms with van der Waals surface area (Å²) in [5.41, 5.74) is 9.33. The maximum atomic E-state index is 11.8. The molecular formula is C16H17NO2. The van der Waals surface area contributed by atoms with Gasteiger partial charge in [0.15, 0.2) is 0 Å². The van der Waals surface area contributed by atoms with Gasteiger partial charge in [-0.3, -0.25) is 4.79 Å². The smallest absolute Gasteiger partial charge is 0.310 e. The summed E-state index contributed by atoms with van der Waals surface area (Å²) in [6.45, 7) is 2.26. The molecule has 2 aromatic carbocycles. The number of ether oxygens (including phenoxy) is 1. The van der Waals surface area contributed by atoms with Gasteiger partial charge in [-0.25, -0.2) is 0 Å². The second kappa shape index (κ2) is 6.05. The first kappa shape index (κ1) is 13.1. The molecule has 19 heavy (non-hydrogen) atoms. The van der Waals surface area contributed by atoms with Crippen LogP contribution in [0.5, 0.6) is 0 Å². The van der Waals surface area contributed by atoms with Gasteiger partial charge in [-0.1, -0.05) is 36.4 Å². The fourth-order valence-corrected chi connectivity index (χ4v) is 1.83. The molecule has 0 aliphatic heterocycles. The van der Waals surface area contributed by atoms with Crippen LogP contribution < -0.4 is 5.73 Å². The van der Waals surface area contributed by atoms with E-state index in [0.717, 1.165) is 16.7 Å². The summed E-state index contributed by atoms with van der Waals surface area (Å²) in [7, 11) is 0. The number of nitrogen functional groups attached to an aromatic ring is 1. The van der Waals surface area contributed by atoms with Crippen LogP contribution in [0.2, 0.25) is 0 Å². The lowest BCUT2D eigenvalue weighted by Gasteiger charge is -2.08. The molecule has 0 amide bonds. The molecule has 0 radical (unpaired) electrons. The fourth-order valence-electron chi connectivity index (χ4n) is 1.83. The molecule has 98 valence electrons. The number of benzene rings is 2. The lowest BCUT2D eigenvalue weighted by Crippen LogP contribution is -2.09. The third kappa shape index (κ3) is 3.85. The van der Waals surface area contributed by atoms with Crippen molar-refractivity contribution in [2.24, 2.45) is 0 Å². The highest BCUT2D eigenvalue weighted by Crippen LogP contribution is 2.14. The van der Waals surface area contributed by atoms with Gasteiger partial charge in [0, 0.05) is 5.69 Å². The minimum atomic E-state index is -0.238. The topological polar surface area (TPSA) is 52.3 Å². The van der Waals surface area contributed by atoms with E-state index < -0.39 is 0 Å². The molecule has 2 aromatic rings. The largest absolute Gasteiger partial charge is 0.461 e. The Labute approximate surface area is 113 Å². The maximum Gasteiger partial charge on any atom is 0.310 e. The molecule has 0 aliphatic carbocycles. The number of hydrogen-bond acceptors (Lipinski definition) is 3. The van der Waals surface area contributed by atoms with E-state index in [-0.39, 0.29) is 12.4 Å². The van der Waals surface area contributed by atoms with Gasteiger partial charge in [0.05, 0.1) is 6.42 Å². The normalized spacial score (nSPS) is 10.2. The quantitative estimate of drug-likeness (QED) is 0.675. The zero-order valence-electron chi connectivity index (χ0n) is 10.9. The highest BCUT2D eigenvalue weighted by atomic mass is 16.5. The Morgan fingerprint density at radius 2 is 1.89 bits per heavy atom. The molecule has 0 aliphatic rings. The summed E-state index contributed by atoms with van der Waals surface area (Å²) < 4.78 is 5.25. The Morgan fingerprint density at radius 3 is 2.63 bits per heavy atom. The van der Waals surface area contributed by atoms with E-state index >= 15 is 0 Å². The van der Waals surface area contributed by atoms with Gasteiger partial charge in [0.2, 0.25) is 0 Å². The zero-order valence-corrected chi connectivity index (χ0v) is 10.9. The first-order valence-electron chi connectivity index (χ1n) is 6.19. The Bertz CT molecular complexity index is 564. The highest BCUT2D eigenvalue weighted by Gasteiger charge is 2.08. The van der Waals surface area contributed by atoms with Crippen molar-refractivity contribution in [2.45, 2.75) is 20.0 Å². The van der Waals surface area contributed by atoms with E-state index in [4.69, 9.17) is 10.5 Å². The predicted molar refractivity (Wildman–Crippen MR) is 75.5 cm³/mol. The molecule has 2 rings (SSSR count). The molecule has 0 aromatic heterocycles. The van der Waals surface area contributed by atoms with Crippen molar-refractivity contribution in [3.63, 3.8) is 0 Å². The molecule has 0 bridgehead atoms. The van der Waals surface area contributed by atoms with Crippen LogP contribution in [0, 0.1) is 6.92 Å². The van der Waals surface area contributed by atoms with Crippen LogP contribution in [0.4, 0.5) is 5.69 Å². The second-order valence-corrected chi connectivity index (χ2v) is 4.51. The van der Waals surface area contributed by atoms with Gasteiger partial charge < -0.3 is 10.5 Å². The summed E-state index contributed by atoms with van der Waals surface area (Å²) >= 11 is 0. The molecule has 0 heterocycles. The van der Waals surface area contributed by atoms with Crippen molar-refractivity contribution in [3.05, 3.63) is 65.2 Å². The summed E-state index contributed by atoms with van der Waals surface area (Å²) in [4.78, 5) is 11.8. The maximum absolute atomic E-state index is 11.8. The van der Waals surface area contributed by atoms with Gasteiger partial charge in [0.1, 0.15) is 6.61 Å². The molecule has 2 N–H and O–H groups in total. The molecule has 0 atom stereocenters. The van der Waals surface area contributed by atoms with Crippen LogP contribution in [-0.2, 0) is 22.6 Å². The van der Waals surface area contributed by atoms with Gasteiger partial charge in [-0.15, -0.1) is 0 Å². The van der Waals surface area contributed by atoms with Gasteiger partial charge in [-0.05, 0) is 35.7 Å². The van der Waals surface area contributed by atoms with Crippen molar-refractivity contribution < 1.29 is 9.53 Å². The van der Waals surface area contributed by atoms with E-state index in [2.05, 4.69) is 0 Å². The summed E-state index contributed by atoms with van der Waals surface area (Å²) in [5, 5.41) is 0. The highest BCUT2D eigenvalue weighted by molar-refractivity contribution is 5.73. The molecule has 3 nitrogen and oxygen atoms in total. The van der Waals surface area contributed by atoms with Gasteiger partial charge >= 0.3 is 5.97 Å². The number of hydrogen-bond donors (Lipinski definition) is 1. The lowest BCUT2D eigenvalue weighted by atomic mass is 10.1. The number of aryl methyl sites for hydroxylation is 1. The molecule has 0 saturated carbocycles. The van der Waals surface area contributed by atoms with E-state index in [1.807, 2.05) is 55.5 Å². The van der Waals surface area contributed by atoms with Gasteiger partial charge in [-0.2, -0.15) is 0 Å². The Balaban J connectivity index is 1.93. The van der Waals surface area contributed by atoms with Crippen LogP contribution in [0.25, 0.3) is 0 Å². The molecule has 0 saturated heterocycles. The molecule has 0 fully saturated rings. The van der Waals surface area contributed by atoms with Crippen LogP contribution in [-0.4, -0.2) is 5.97 Å². The van der Waals surface area contributed by atoms with Crippen molar-refractivity contribution >= 4 is 11.7 Å². The molecule has 3 heteroatoms. The third-order valence-electron chi connectivity index (χ3n) is 2.95. The minimum absolute atomic E-state index is 0.238. The van der Waals surface area contributed by atoms with Crippen LogP contribution in [0.15, 0.2) is 48.5 Å². The number of esters is 1. The fraction of sp³-hybridized carbons (Fsp3) is 0.188. The third-order valence-corrected chi connectivity index (χ3v) is 2.95. The van der Waals surface area contributed by atoms with Gasteiger partial charge in [0.25, 0.3) is 0 Å². The summed E-state index contributed by atoms with van der Waals surface area (Å²) in [6.07, 6.45) is 0.254. The predicted octanol–water partition coefficient (Wildman–Crippen LogP) is 2.86. The number of anilines is 1. The van der Waals surface area contributed by atoms with Crippen molar-refractivity contribution in [1.82, 2.24) is 0 Å². The van der Waals surface area contributed by atoms with E-state index in [1.165, 1.54) is 0 Å². The minimum Gasteiger partial charge on any atom is -0.461 e. The van der Waals surface area contributed by atoms with Crippen LogP contribution in [0.1, 0.15) is 16.7 Å². The first-order valence-corrected chi connectivity index (χ1v) is 6.19. The Hall–Kier alpha value is -2.29. The monoisotopic (exact) mass is 255 g/mol. The van der Waals surface area contributed by atoms with Crippen LogP contribution >= 0.6 is 0 Å². The lowest BCUT2D eigenvalue weighted by molar-refractivity contribution is -0.144.